The van der Waals surface area contributed by atoms with Crippen molar-refractivity contribution in [2.45, 2.75) is 19.8 Å². The highest BCUT2D eigenvalue weighted by molar-refractivity contribution is 5.93. The number of hydrogen-bond donors (Lipinski definition) is 0. The summed E-state index contributed by atoms with van der Waals surface area (Å²) in [5.74, 6) is -0.363. The van der Waals surface area contributed by atoms with Gasteiger partial charge in [0.25, 0.3) is 0 Å². The van der Waals surface area contributed by atoms with Gasteiger partial charge in [-0.3, -0.25) is 4.79 Å². The van der Waals surface area contributed by atoms with Gasteiger partial charge in [0.15, 0.2) is 0 Å². The van der Waals surface area contributed by atoms with Crippen LogP contribution in [0.4, 0.5) is 0 Å². The maximum Gasteiger partial charge on any atom is 0.232 e. The first-order valence-corrected chi connectivity index (χ1v) is 2.74. The third-order valence-electron chi connectivity index (χ3n) is 0.904. The molecule has 0 saturated carbocycles. The highest BCUT2D eigenvalue weighted by Gasteiger charge is 1.96. The number of ketones is 1. The number of rotatable bonds is 3. The van der Waals surface area contributed by atoms with Crippen molar-refractivity contribution in [3.63, 3.8) is 0 Å². The molecule has 0 atom stereocenters. The lowest BCUT2D eigenvalue weighted by atomic mass is 10.1. The van der Waals surface area contributed by atoms with Crippen molar-refractivity contribution in [3.05, 3.63) is 12.2 Å². The van der Waals surface area contributed by atoms with Crippen molar-refractivity contribution >= 4 is 5.78 Å². The summed E-state index contributed by atoms with van der Waals surface area (Å²) in [4.78, 5) is 10.3. The molecule has 0 aromatic heterocycles. The van der Waals surface area contributed by atoms with Crippen LogP contribution in [0.3, 0.4) is 0 Å². The molecule has 9 heavy (non-hydrogen) atoms. The van der Waals surface area contributed by atoms with E-state index in [1.165, 1.54) is 0 Å². The summed E-state index contributed by atoms with van der Waals surface area (Å²) in [5, 5.41) is 8.02. The Labute approximate surface area is 54.8 Å². The van der Waals surface area contributed by atoms with E-state index in [-0.39, 0.29) is 5.78 Å². The van der Waals surface area contributed by atoms with Gasteiger partial charge in [-0.25, -0.2) is 0 Å². The molecule has 0 amide bonds. The average Bonchev–Trinajstić information content (AvgIpc) is 1.83. The lowest BCUT2D eigenvalue weighted by Crippen LogP contribution is -1.91. The van der Waals surface area contributed by atoms with Crippen LogP contribution in [-0.2, 0) is 4.79 Å². The topological polar surface area (TPSA) is 40.9 Å². The minimum atomic E-state index is -0.363. The van der Waals surface area contributed by atoms with E-state index in [1.807, 2.05) is 6.92 Å². The van der Waals surface area contributed by atoms with Crippen LogP contribution in [-0.4, -0.2) is 5.78 Å². The predicted molar refractivity (Wildman–Crippen MR) is 34.7 cm³/mol. The van der Waals surface area contributed by atoms with E-state index >= 15 is 0 Å². The Kier molecular flexibility index (Phi) is 3.38. The van der Waals surface area contributed by atoms with Crippen LogP contribution >= 0.6 is 0 Å². The molecule has 0 spiro atoms. The molecular formula is C7H9NO. The largest absolute Gasteiger partial charge is 0.283 e. The minimum Gasteiger partial charge on any atom is -0.283 e. The normalized spacial score (nSPS) is 8.00. The molecule has 0 fully saturated rings. The highest BCUT2D eigenvalue weighted by Crippen LogP contribution is 1.99. The maximum absolute atomic E-state index is 10.3. The van der Waals surface area contributed by atoms with Crippen LogP contribution in [0.15, 0.2) is 12.2 Å². The van der Waals surface area contributed by atoms with Gasteiger partial charge in [-0.2, -0.15) is 5.26 Å². The van der Waals surface area contributed by atoms with E-state index < -0.39 is 0 Å². The molecule has 0 aliphatic heterocycles. The van der Waals surface area contributed by atoms with E-state index in [0.29, 0.717) is 12.8 Å². The van der Waals surface area contributed by atoms with Gasteiger partial charge in [-0.05, 0) is 13.3 Å². The second-order valence-electron chi connectivity index (χ2n) is 1.99. The molecule has 2 nitrogen and oxygen atoms in total. The monoisotopic (exact) mass is 123 g/mol. The fourth-order valence-corrected chi connectivity index (χ4v) is 0.383. The van der Waals surface area contributed by atoms with E-state index in [4.69, 9.17) is 5.26 Å². The Morgan fingerprint density at radius 3 is 2.56 bits per heavy atom. The Hall–Kier alpha value is -1.10. The molecule has 0 radical (unpaired) electrons. The Morgan fingerprint density at radius 2 is 2.22 bits per heavy atom. The van der Waals surface area contributed by atoms with Crippen LogP contribution in [0.1, 0.15) is 19.8 Å². The summed E-state index contributed by atoms with van der Waals surface area (Å²) in [7, 11) is 0. The van der Waals surface area contributed by atoms with Gasteiger partial charge in [0.05, 0.1) is 0 Å². The number of Topliss-reactive ketones (excluding diaryl/α,β-unsaturated/α-hetero) is 1. The smallest absolute Gasteiger partial charge is 0.232 e. The Balaban J connectivity index is 3.43. The van der Waals surface area contributed by atoms with Gasteiger partial charge in [0.1, 0.15) is 6.07 Å². The number of nitriles is 1. The summed E-state index contributed by atoms with van der Waals surface area (Å²) >= 11 is 0. The zero-order valence-corrected chi connectivity index (χ0v) is 5.48. The first kappa shape index (κ1) is 7.90. The Bertz CT molecular complexity index is 164. The highest BCUT2D eigenvalue weighted by atomic mass is 16.1. The molecule has 0 aromatic rings. The van der Waals surface area contributed by atoms with Gasteiger partial charge < -0.3 is 0 Å². The third-order valence-corrected chi connectivity index (χ3v) is 0.904. The van der Waals surface area contributed by atoms with Crippen LogP contribution in [0.2, 0.25) is 0 Å². The van der Waals surface area contributed by atoms with Gasteiger partial charge in [0, 0.05) is 6.42 Å². The molecule has 0 saturated heterocycles. The van der Waals surface area contributed by atoms with E-state index in [9.17, 15) is 4.79 Å². The quantitative estimate of drug-likeness (QED) is 0.420. The van der Waals surface area contributed by atoms with E-state index in [2.05, 4.69) is 6.58 Å². The summed E-state index contributed by atoms with van der Waals surface area (Å²) in [6.45, 7) is 5.44. The number of hydrogen-bond acceptors (Lipinski definition) is 2. The second kappa shape index (κ2) is 3.85. The summed E-state index contributed by atoms with van der Waals surface area (Å²) in [5.41, 5.74) is 0.943. The summed E-state index contributed by atoms with van der Waals surface area (Å²) < 4.78 is 0. The fraction of sp³-hybridized carbons (Fsp3) is 0.429. The predicted octanol–water partition coefficient (Wildman–Crippen LogP) is 1.44. The van der Waals surface area contributed by atoms with Crippen LogP contribution < -0.4 is 0 Å². The molecule has 0 heterocycles. The minimum absolute atomic E-state index is 0.311. The van der Waals surface area contributed by atoms with Gasteiger partial charge in [0.2, 0.25) is 5.78 Å². The molecule has 48 valence electrons. The molecular weight excluding hydrogens is 114 g/mol. The zero-order chi connectivity index (χ0) is 7.28. The van der Waals surface area contributed by atoms with Crippen LogP contribution in [0.25, 0.3) is 0 Å². The molecule has 0 aliphatic rings. The molecule has 0 N–H and O–H groups in total. The zero-order valence-electron chi connectivity index (χ0n) is 5.48. The Morgan fingerprint density at radius 1 is 1.67 bits per heavy atom. The van der Waals surface area contributed by atoms with Gasteiger partial charge >= 0.3 is 0 Å². The maximum atomic E-state index is 10.3. The average molecular weight is 123 g/mol. The molecule has 0 unspecified atom stereocenters. The molecule has 0 rings (SSSR count). The van der Waals surface area contributed by atoms with Gasteiger partial charge in [-0.15, -0.1) is 6.58 Å². The lowest BCUT2D eigenvalue weighted by Gasteiger charge is -1.90. The number of nitrogens with zero attached hydrogens (tertiary/aromatic N) is 1. The van der Waals surface area contributed by atoms with E-state index in [1.54, 1.807) is 6.07 Å². The summed E-state index contributed by atoms with van der Waals surface area (Å²) in [6, 6.07) is 1.54. The first-order chi connectivity index (χ1) is 4.16. The van der Waals surface area contributed by atoms with Crippen LogP contribution in [0, 0.1) is 11.3 Å². The van der Waals surface area contributed by atoms with Crippen molar-refractivity contribution in [2.75, 3.05) is 0 Å². The standard InChI is InChI=1S/C7H9NO/c1-6(2)3-4-7(9)5-8/h1,3-4H2,2H3. The summed E-state index contributed by atoms with van der Waals surface area (Å²) in [6.07, 6.45) is 0.943. The lowest BCUT2D eigenvalue weighted by molar-refractivity contribution is -0.113. The van der Waals surface area contributed by atoms with Crippen molar-refractivity contribution < 1.29 is 4.79 Å². The molecule has 2 heteroatoms. The fourth-order valence-electron chi connectivity index (χ4n) is 0.383. The molecule has 0 bridgehead atoms. The second-order valence-corrected chi connectivity index (χ2v) is 1.99. The number of allylic oxidation sites excluding steroid dienone is 1. The first-order valence-electron chi connectivity index (χ1n) is 2.74. The van der Waals surface area contributed by atoms with E-state index in [0.717, 1.165) is 5.57 Å². The molecule has 0 aromatic carbocycles. The van der Waals surface area contributed by atoms with Crippen molar-refractivity contribution in [1.29, 1.82) is 5.26 Å². The number of carbonyl (C=O) groups excluding carboxylic acids is 1. The molecule has 0 aliphatic carbocycles. The SMILES string of the molecule is C=C(C)CCC(=O)C#N. The van der Waals surface area contributed by atoms with Crippen molar-refractivity contribution in [1.82, 2.24) is 0 Å². The van der Waals surface area contributed by atoms with Gasteiger partial charge in [-0.1, -0.05) is 5.57 Å². The van der Waals surface area contributed by atoms with Crippen molar-refractivity contribution in [3.8, 4) is 6.07 Å². The third kappa shape index (κ3) is 4.76. The van der Waals surface area contributed by atoms with Crippen LogP contribution in [0.5, 0.6) is 0 Å². The van der Waals surface area contributed by atoms with Crippen molar-refractivity contribution in [2.24, 2.45) is 0 Å². The number of carbonyl (C=O) groups is 1.